The maximum atomic E-state index is 13.6. The summed E-state index contributed by atoms with van der Waals surface area (Å²) in [5.74, 6) is -0.0922. The van der Waals surface area contributed by atoms with Crippen molar-refractivity contribution in [1.29, 1.82) is 0 Å². The lowest BCUT2D eigenvalue weighted by Crippen LogP contribution is -2.24. The Morgan fingerprint density at radius 1 is 1.17 bits per heavy atom. The lowest BCUT2D eigenvalue weighted by Gasteiger charge is -2.23. The highest BCUT2D eigenvalue weighted by atomic mass is 32.2. The SMILES string of the molecule is CN1/C(=C\C(=O)CSc2nc3ccccc3n2C(F)F)C(C)(C)c2ccccc21. The van der Waals surface area contributed by atoms with E-state index in [2.05, 4.69) is 24.9 Å². The number of halogens is 2. The van der Waals surface area contributed by atoms with Crippen molar-refractivity contribution in [3.05, 3.63) is 65.9 Å². The Morgan fingerprint density at radius 3 is 2.59 bits per heavy atom. The minimum absolute atomic E-state index is 0.0415. The number of imidazole rings is 1. The van der Waals surface area contributed by atoms with Gasteiger partial charge in [0.05, 0.1) is 16.8 Å². The highest BCUT2D eigenvalue weighted by Crippen LogP contribution is 2.46. The second-order valence-corrected chi connectivity index (χ2v) is 8.46. The van der Waals surface area contributed by atoms with Gasteiger partial charge in [-0.05, 0) is 23.8 Å². The summed E-state index contributed by atoms with van der Waals surface area (Å²) in [6.07, 6.45) is 1.63. The lowest BCUT2D eigenvalue weighted by molar-refractivity contribution is -0.112. The molecule has 0 spiro atoms. The van der Waals surface area contributed by atoms with E-state index < -0.39 is 6.55 Å². The summed E-state index contributed by atoms with van der Waals surface area (Å²) in [5.41, 5.74) is 3.68. The number of para-hydroxylation sites is 3. The predicted octanol–water partition coefficient (Wildman–Crippen LogP) is 5.40. The van der Waals surface area contributed by atoms with Crippen LogP contribution in [0.15, 0.2) is 65.5 Å². The summed E-state index contributed by atoms with van der Waals surface area (Å²) in [6.45, 7) is 1.45. The molecule has 4 nitrogen and oxygen atoms in total. The Bertz CT molecular complexity index is 1120. The molecule has 0 atom stereocenters. The lowest BCUT2D eigenvalue weighted by atomic mass is 9.83. The van der Waals surface area contributed by atoms with Crippen LogP contribution in [0.2, 0.25) is 0 Å². The van der Waals surface area contributed by atoms with Crippen molar-refractivity contribution in [1.82, 2.24) is 9.55 Å². The third kappa shape index (κ3) is 3.33. The largest absolute Gasteiger partial charge is 0.347 e. The molecule has 2 heterocycles. The Hall–Kier alpha value is -2.67. The quantitative estimate of drug-likeness (QED) is 0.414. The number of carbonyl (C=O) groups excluding carboxylic acids is 1. The van der Waals surface area contributed by atoms with Crippen LogP contribution in [0.5, 0.6) is 0 Å². The maximum Gasteiger partial charge on any atom is 0.321 e. The molecular formula is C22H21F2N3OS. The maximum absolute atomic E-state index is 13.6. The molecule has 29 heavy (non-hydrogen) atoms. The van der Waals surface area contributed by atoms with Gasteiger partial charge in [0, 0.05) is 29.9 Å². The Labute approximate surface area is 172 Å². The normalized spacial score (nSPS) is 16.8. The number of alkyl halides is 2. The van der Waals surface area contributed by atoms with Crippen molar-refractivity contribution in [2.24, 2.45) is 0 Å². The first-order chi connectivity index (χ1) is 13.8. The molecule has 2 aromatic carbocycles. The van der Waals surface area contributed by atoms with Crippen LogP contribution >= 0.6 is 11.8 Å². The number of hydrogen-bond donors (Lipinski definition) is 0. The Morgan fingerprint density at radius 2 is 1.86 bits per heavy atom. The summed E-state index contributed by atoms with van der Waals surface area (Å²) in [7, 11) is 1.94. The number of hydrogen-bond acceptors (Lipinski definition) is 4. The van der Waals surface area contributed by atoms with Crippen LogP contribution in [0.3, 0.4) is 0 Å². The van der Waals surface area contributed by atoms with Crippen molar-refractivity contribution in [3.8, 4) is 0 Å². The van der Waals surface area contributed by atoms with E-state index in [0.717, 1.165) is 33.3 Å². The van der Waals surface area contributed by atoms with Crippen molar-refractivity contribution in [3.63, 3.8) is 0 Å². The molecule has 0 N–H and O–H groups in total. The van der Waals surface area contributed by atoms with E-state index in [0.29, 0.717) is 11.0 Å². The van der Waals surface area contributed by atoms with Crippen LogP contribution in [0.4, 0.5) is 14.5 Å². The van der Waals surface area contributed by atoms with Gasteiger partial charge in [-0.2, -0.15) is 8.78 Å². The van der Waals surface area contributed by atoms with Crippen LogP contribution in [0, 0.1) is 0 Å². The average Bonchev–Trinajstić information content (AvgIpc) is 3.16. The Balaban J connectivity index is 1.57. The third-order valence-electron chi connectivity index (χ3n) is 5.34. The second kappa shape index (κ2) is 7.30. The van der Waals surface area contributed by atoms with Gasteiger partial charge < -0.3 is 4.90 Å². The molecule has 150 valence electrons. The van der Waals surface area contributed by atoms with Gasteiger partial charge in [0.15, 0.2) is 10.9 Å². The third-order valence-corrected chi connectivity index (χ3v) is 6.32. The zero-order valence-corrected chi connectivity index (χ0v) is 17.2. The number of likely N-dealkylation sites (N-methyl/N-ethyl adjacent to an activating group) is 1. The number of benzene rings is 2. The molecule has 0 unspecified atom stereocenters. The van der Waals surface area contributed by atoms with E-state index in [1.165, 1.54) is 0 Å². The molecule has 0 fully saturated rings. The number of allylic oxidation sites excluding steroid dienone is 2. The summed E-state index contributed by atoms with van der Waals surface area (Å²) >= 11 is 1.04. The van der Waals surface area contributed by atoms with E-state index >= 15 is 0 Å². The zero-order chi connectivity index (χ0) is 20.8. The van der Waals surface area contributed by atoms with Crippen LogP contribution < -0.4 is 4.90 Å². The highest BCUT2D eigenvalue weighted by Gasteiger charge is 2.38. The molecule has 1 aliphatic heterocycles. The number of anilines is 1. The fraction of sp³-hybridized carbons (Fsp3) is 0.273. The number of ketones is 1. The predicted molar refractivity (Wildman–Crippen MR) is 113 cm³/mol. The van der Waals surface area contributed by atoms with E-state index in [9.17, 15) is 13.6 Å². The average molecular weight is 413 g/mol. The minimum atomic E-state index is -2.72. The van der Waals surface area contributed by atoms with Crippen molar-refractivity contribution in [2.45, 2.75) is 31.0 Å². The fourth-order valence-electron chi connectivity index (χ4n) is 3.90. The second-order valence-electron chi connectivity index (χ2n) is 7.52. The highest BCUT2D eigenvalue weighted by molar-refractivity contribution is 7.99. The molecule has 0 saturated carbocycles. The molecule has 0 aliphatic carbocycles. The number of rotatable bonds is 5. The van der Waals surface area contributed by atoms with E-state index in [4.69, 9.17) is 0 Å². The van der Waals surface area contributed by atoms with Gasteiger partial charge >= 0.3 is 6.55 Å². The molecule has 0 radical (unpaired) electrons. The number of aromatic nitrogens is 2. The molecule has 7 heteroatoms. The van der Waals surface area contributed by atoms with Crippen molar-refractivity contribution in [2.75, 3.05) is 17.7 Å². The van der Waals surface area contributed by atoms with Crippen LogP contribution in [-0.2, 0) is 10.2 Å². The van der Waals surface area contributed by atoms with E-state index in [-0.39, 0.29) is 22.1 Å². The molecule has 0 amide bonds. The Kier molecular flexibility index (Phi) is 4.94. The number of carbonyl (C=O) groups is 1. The molecule has 0 saturated heterocycles. The van der Waals surface area contributed by atoms with Gasteiger partial charge in [-0.15, -0.1) is 0 Å². The summed E-state index contributed by atoms with van der Waals surface area (Å²) in [4.78, 5) is 19.0. The van der Waals surface area contributed by atoms with Gasteiger partial charge in [0.25, 0.3) is 0 Å². The van der Waals surface area contributed by atoms with E-state index in [1.54, 1.807) is 30.3 Å². The smallest absolute Gasteiger partial charge is 0.321 e. The van der Waals surface area contributed by atoms with Crippen LogP contribution in [0.1, 0.15) is 26.0 Å². The number of fused-ring (bicyclic) bond motifs is 2. The zero-order valence-electron chi connectivity index (χ0n) is 16.4. The number of thioether (sulfide) groups is 1. The van der Waals surface area contributed by atoms with E-state index in [1.807, 2.05) is 30.1 Å². The first-order valence-corrected chi connectivity index (χ1v) is 10.3. The molecule has 1 aromatic heterocycles. The van der Waals surface area contributed by atoms with Crippen LogP contribution in [-0.4, -0.2) is 28.1 Å². The monoisotopic (exact) mass is 413 g/mol. The van der Waals surface area contributed by atoms with Gasteiger partial charge in [-0.25, -0.2) is 4.98 Å². The molecule has 0 bridgehead atoms. The van der Waals surface area contributed by atoms with Gasteiger partial charge in [0.2, 0.25) is 0 Å². The molecular weight excluding hydrogens is 392 g/mol. The van der Waals surface area contributed by atoms with Crippen molar-refractivity contribution < 1.29 is 13.6 Å². The fourth-order valence-corrected chi connectivity index (χ4v) is 4.74. The van der Waals surface area contributed by atoms with Crippen molar-refractivity contribution >= 4 is 34.3 Å². The summed E-state index contributed by atoms with van der Waals surface area (Å²) < 4.78 is 28.0. The summed E-state index contributed by atoms with van der Waals surface area (Å²) in [6, 6.07) is 14.8. The molecule has 1 aliphatic rings. The van der Waals surface area contributed by atoms with Gasteiger partial charge in [-0.3, -0.25) is 9.36 Å². The minimum Gasteiger partial charge on any atom is -0.347 e. The molecule has 3 aromatic rings. The first kappa shape index (κ1) is 19.6. The van der Waals surface area contributed by atoms with Gasteiger partial charge in [0.1, 0.15) is 0 Å². The molecule has 4 rings (SSSR count). The van der Waals surface area contributed by atoms with Gasteiger partial charge in [-0.1, -0.05) is 55.9 Å². The standard InChI is InChI=1S/C22H21F2N3OS/c1-22(2)15-8-4-6-10-17(15)26(3)19(22)12-14(28)13-29-21-25-16-9-5-7-11-18(16)27(21)20(23)24/h4-12,20H,13H2,1-3H3/b19-12-. The first-order valence-electron chi connectivity index (χ1n) is 9.27. The van der Waals surface area contributed by atoms with Crippen LogP contribution in [0.25, 0.3) is 11.0 Å². The summed E-state index contributed by atoms with van der Waals surface area (Å²) in [5, 5.41) is 0.148. The number of nitrogens with zero attached hydrogens (tertiary/aromatic N) is 3. The topological polar surface area (TPSA) is 38.1 Å².